The minimum atomic E-state index is -0.686. The molecule has 0 aromatic heterocycles. The van der Waals surface area contributed by atoms with Crippen LogP contribution in [-0.2, 0) is 9.59 Å². The van der Waals surface area contributed by atoms with Gasteiger partial charge in [-0.15, -0.1) is 0 Å². The summed E-state index contributed by atoms with van der Waals surface area (Å²) in [5, 5.41) is 11.0. The summed E-state index contributed by atoms with van der Waals surface area (Å²) in [5.74, 6) is -0.865. The van der Waals surface area contributed by atoms with Crippen LogP contribution in [0.25, 0.3) is 5.76 Å². The van der Waals surface area contributed by atoms with Gasteiger partial charge in [-0.05, 0) is 43.9 Å². The first-order chi connectivity index (χ1) is 13.8. The van der Waals surface area contributed by atoms with E-state index in [-0.39, 0.29) is 11.3 Å². The number of halogens is 1. The Bertz CT molecular complexity index is 954. The minimum Gasteiger partial charge on any atom is -0.507 e. The zero-order chi connectivity index (χ0) is 21.1. The summed E-state index contributed by atoms with van der Waals surface area (Å²) in [5.41, 5.74) is 1.28. The summed E-state index contributed by atoms with van der Waals surface area (Å²) in [6.07, 6.45) is 0. The second-order valence-electron chi connectivity index (χ2n) is 7.08. The number of benzene rings is 2. The summed E-state index contributed by atoms with van der Waals surface area (Å²) >= 11 is 3.36. The highest BCUT2D eigenvalue weighted by atomic mass is 79.9. The zero-order valence-corrected chi connectivity index (χ0v) is 18.1. The highest BCUT2D eigenvalue weighted by Gasteiger charge is 2.45. The van der Waals surface area contributed by atoms with Crippen molar-refractivity contribution < 1.29 is 19.4 Å². The van der Waals surface area contributed by atoms with Gasteiger partial charge in [0.15, 0.2) is 0 Å². The van der Waals surface area contributed by atoms with Crippen molar-refractivity contribution >= 4 is 33.4 Å². The maximum Gasteiger partial charge on any atom is 0.295 e. The number of amides is 1. The van der Waals surface area contributed by atoms with Gasteiger partial charge in [0.05, 0.1) is 18.7 Å². The molecule has 1 fully saturated rings. The first kappa shape index (κ1) is 21.1. The molecule has 1 saturated heterocycles. The van der Waals surface area contributed by atoms with E-state index in [0.29, 0.717) is 30.0 Å². The fraction of sp³-hybridized carbons (Fsp3) is 0.273. The molecular formula is C22H23BrN2O4. The number of hydrogen-bond acceptors (Lipinski definition) is 5. The average molecular weight is 459 g/mol. The Hall–Kier alpha value is -2.64. The molecule has 1 unspecified atom stereocenters. The molecular weight excluding hydrogens is 436 g/mol. The van der Waals surface area contributed by atoms with E-state index in [9.17, 15) is 14.7 Å². The van der Waals surface area contributed by atoms with E-state index in [1.165, 1.54) is 4.90 Å². The molecule has 2 aromatic rings. The summed E-state index contributed by atoms with van der Waals surface area (Å²) in [6, 6.07) is 13.5. The zero-order valence-electron chi connectivity index (χ0n) is 16.6. The van der Waals surface area contributed by atoms with Crippen LogP contribution in [0.3, 0.4) is 0 Å². The summed E-state index contributed by atoms with van der Waals surface area (Å²) < 4.78 is 6.17. The number of aliphatic hydroxyl groups is 1. The van der Waals surface area contributed by atoms with Gasteiger partial charge in [0.2, 0.25) is 0 Å². The third-order valence-corrected chi connectivity index (χ3v) is 5.38. The molecule has 2 aromatic carbocycles. The quantitative estimate of drug-likeness (QED) is 0.407. The normalized spacial score (nSPS) is 18.5. The van der Waals surface area contributed by atoms with E-state index in [4.69, 9.17) is 4.74 Å². The number of carbonyl (C=O) groups excluding carboxylic acids is 2. The van der Waals surface area contributed by atoms with Crippen molar-refractivity contribution in [3.05, 3.63) is 69.7 Å². The Labute approximate surface area is 178 Å². The second-order valence-corrected chi connectivity index (χ2v) is 7.99. The van der Waals surface area contributed by atoms with E-state index < -0.39 is 17.7 Å². The fourth-order valence-corrected chi connectivity index (χ4v) is 3.60. The van der Waals surface area contributed by atoms with Gasteiger partial charge in [-0.1, -0.05) is 40.2 Å². The van der Waals surface area contributed by atoms with Crippen LogP contribution >= 0.6 is 15.9 Å². The van der Waals surface area contributed by atoms with Gasteiger partial charge in [-0.25, -0.2) is 0 Å². The van der Waals surface area contributed by atoms with Crippen molar-refractivity contribution in [3.8, 4) is 5.75 Å². The average Bonchev–Trinajstić information content (AvgIpc) is 2.97. The second kappa shape index (κ2) is 8.80. The van der Waals surface area contributed by atoms with Crippen molar-refractivity contribution in [2.45, 2.75) is 6.04 Å². The van der Waals surface area contributed by atoms with Crippen molar-refractivity contribution in [1.29, 1.82) is 0 Å². The highest BCUT2D eigenvalue weighted by Crippen LogP contribution is 2.40. The Balaban J connectivity index is 2.15. The largest absolute Gasteiger partial charge is 0.507 e. The van der Waals surface area contributed by atoms with E-state index in [1.54, 1.807) is 49.6 Å². The van der Waals surface area contributed by atoms with Crippen LogP contribution in [-0.4, -0.2) is 60.9 Å². The van der Waals surface area contributed by atoms with Crippen LogP contribution in [0.4, 0.5) is 0 Å². The lowest BCUT2D eigenvalue weighted by atomic mass is 9.95. The van der Waals surface area contributed by atoms with Gasteiger partial charge in [0.1, 0.15) is 11.5 Å². The summed E-state index contributed by atoms with van der Waals surface area (Å²) in [7, 11) is 5.36. The molecule has 29 heavy (non-hydrogen) atoms. The molecule has 0 aliphatic carbocycles. The number of ether oxygens (including phenoxy) is 1. The molecule has 1 heterocycles. The van der Waals surface area contributed by atoms with Crippen LogP contribution < -0.4 is 4.74 Å². The van der Waals surface area contributed by atoms with Gasteiger partial charge in [0.25, 0.3) is 11.7 Å². The maximum absolute atomic E-state index is 12.9. The topological polar surface area (TPSA) is 70.1 Å². The smallest absolute Gasteiger partial charge is 0.295 e. The van der Waals surface area contributed by atoms with E-state index in [0.717, 1.165) is 4.47 Å². The van der Waals surface area contributed by atoms with Crippen LogP contribution in [0.2, 0.25) is 0 Å². The number of likely N-dealkylation sites (tertiary alicyclic amines) is 1. The predicted octanol–water partition coefficient (Wildman–Crippen LogP) is 3.44. The number of hydrogen-bond donors (Lipinski definition) is 1. The number of nitrogens with zero attached hydrogens (tertiary/aromatic N) is 2. The summed E-state index contributed by atoms with van der Waals surface area (Å²) in [4.78, 5) is 29.2. The van der Waals surface area contributed by atoms with Crippen molar-refractivity contribution in [1.82, 2.24) is 9.80 Å². The van der Waals surface area contributed by atoms with E-state index in [2.05, 4.69) is 15.9 Å². The summed E-state index contributed by atoms with van der Waals surface area (Å²) in [6.45, 7) is 0.947. The van der Waals surface area contributed by atoms with Gasteiger partial charge < -0.3 is 19.6 Å². The molecule has 0 spiro atoms. The van der Waals surface area contributed by atoms with Crippen LogP contribution in [0.15, 0.2) is 58.6 Å². The van der Waals surface area contributed by atoms with Gasteiger partial charge >= 0.3 is 0 Å². The molecule has 0 bridgehead atoms. The Morgan fingerprint density at radius 1 is 1.17 bits per heavy atom. The molecule has 152 valence electrons. The lowest BCUT2D eigenvalue weighted by Gasteiger charge is -2.26. The maximum atomic E-state index is 12.9. The molecule has 7 heteroatoms. The molecule has 1 amide bonds. The highest BCUT2D eigenvalue weighted by molar-refractivity contribution is 9.10. The Morgan fingerprint density at radius 3 is 2.48 bits per heavy atom. The number of Topliss-reactive ketones (excluding diaryl/α,β-unsaturated/α-hetero) is 1. The molecule has 1 aliphatic heterocycles. The standard InChI is InChI=1S/C22H23BrN2O4/c1-24(2)11-12-25-19(15-5-4-6-17(13-15)29-3)18(21(27)22(25)28)20(26)14-7-9-16(23)10-8-14/h4-10,13,19,26H,11-12H2,1-3H3. The lowest BCUT2D eigenvalue weighted by molar-refractivity contribution is -0.140. The van der Waals surface area contributed by atoms with Crippen LogP contribution in [0, 0.1) is 0 Å². The van der Waals surface area contributed by atoms with Crippen LogP contribution in [0.1, 0.15) is 17.2 Å². The van der Waals surface area contributed by atoms with Crippen LogP contribution in [0.5, 0.6) is 5.75 Å². The van der Waals surface area contributed by atoms with Crippen molar-refractivity contribution in [3.63, 3.8) is 0 Å². The lowest BCUT2D eigenvalue weighted by Crippen LogP contribution is -2.35. The molecule has 0 radical (unpaired) electrons. The molecule has 1 atom stereocenters. The first-order valence-electron chi connectivity index (χ1n) is 9.16. The number of aliphatic hydroxyl groups excluding tert-OH is 1. The van der Waals surface area contributed by atoms with E-state index in [1.807, 2.05) is 25.1 Å². The van der Waals surface area contributed by atoms with Gasteiger partial charge in [-0.2, -0.15) is 0 Å². The number of ketones is 1. The molecule has 1 N–H and O–H groups in total. The molecule has 6 nitrogen and oxygen atoms in total. The predicted molar refractivity (Wildman–Crippen MR) is 115 cm³/mol. The third-order valence-electron chi connectivity index (χ3n) is 4.86. The van der Waals surface area contributed by atoms with Gasteiger partial charge in [0, 0.05) is 23.1 Å². The minimum absolute atomic E-state index is 0.0873. The van der Waals surface area contributed by atoms with Crippen molar-refractivity contribution in [2.75, 3.05) is 34.3 Å². The SMILES string of the molecule is COc1cccc(C2C(=C(O)c3ccc(Br)cc3)C(=O)C(=O)N2CCN(C)C)c1. The van der Waals surface area contributed by atoms with E-state index >= 15 is 0 Å². The Kier molecular flexibility index (Phi) is 6.39. The molecule has 1 aliphatic rings. The Morgan fingerprint density at radius 2 is 1.86 bits per heavy atom. The number of likely N-dealkylation sites (N-methyl/N-ethyl adjacent to an activating group) is 1. The first-order valence-corrected chi connectivity index (χ1v) is 9.95. The third kappa shape index (κ3) is 4.36. The molecule has 3 rings (SSSR count). The fourth-order valence-electron chi connectivity index (χ4n) is 3.34. The monoisotopic (exact) mass is 458 g/mol. The number of methoxy groups -OCH3 is 1. The molecule has 0 saturated carbocycles. The van der Waals surface area contributed by atoms with Crippen molar-refractivity contribution in [2.24, 2.45) is 0 Å². The van der Waals surface area contributed by atoms with Gasteiger partial charge in [-0.3, -0.25) is 9.59 Å². The number of rotatable bonds is 6. The number of carbonyl (C=O) groups is 2.